The lowest BCUT2D eigenvalue weighted by Crippen LogP contribution is -2.19. The number of carbonyl (C=O) groups excluding carboxylic acids is 1. The van der Waals surface area contributed by atoms with E-state index in [4.69, 9.17) is 4.74 Å². The highest BCUT2D eigenvalue weighted by atomic mass is 32.2. The van der Waals surface area contributed by atoms with Crippen molar-refractivity contribution in [2.45, 2.75) is 37.9 Å². The number of rotatable bonds is 7. The van der Waals surface area contributed by atoms with E-state index in [1.54, 1.807) is 6.07 Å². The molecule has 3 atom stereocenters. The Morgan fingerprint density at radius 2 is 1.94 bits per heavy atom. The molecule has 0 saturated heterocycles. The van der Waals surface area contributed by atoms with Crippen LogP contribution in [0.5, 0.6) is 11.5 Å². The molecule has 1 heterocycles. The van der Waals surface area contributed by atoms with Gasteiger partial charge in [-0.25, -0.2) is 0 Å². The van der Waals surface area contributed by atoms with Crippen molar-refractivity contribution in [3.05, 3.63) is 59.0 Å². The number of ketones is 1. The molecule has 4 rings (SSSR count). The fourth-order valence-electron chi connectivity index (χ4n) is 4.45. The van der Waals surface area contributed by atoms with Crippen LogP contribution in [0.1, 0.15) is 53.8 Å². The third-order valence-corrected chi connectivity index (χ3v) is 8.65. The van der Waals surface area contributed by atoms with Gasteiger partial charge in [-0.1, -0.05) is 13.3 Å². The number of aromatic hydroxyl groups is 1. The summed E-state index contributed by atoms with van der Waals surface area (Å²) in [6.45, 7) is 3.79. The number of hydrogen-bond acceptors (Lipinski definition) is 4. The van der Waals surface area contributed by atoms with E-state index >= 15 is 0 Å². The van der Waals surface area contributed by atoms with E-state index in [2.05, 4.69) is 17.2 Å². The van der Waals surface area contributed by atoms with Gasteiger partial charge in [0.1, 0.15) is 28.7 Å². The smallest absolute Gasteiger partial charge is 0.198 e. The molecule has 1 aliphatic rings. The fourth-order valence-corrected chi connectivity index (χ4v) is 7.26. The maximum Gasteiger partial charge on any atom is 0.198 e. The van der Waals surface area contributed by atoms with Crippen molar-refractivity contribution in [1.82, 2.24) is 4.90 Å². The highest BCUT2D eigenvalue weighted by molar-refractivity contribution is 7.36. The molecule has 4 nitrogen and oxygen atoms in total. The van der Waals surface area contributed by atoms with Gasteiger partial charge in [-0.3, -0.25) is 4.79 Å². The average molecular weight is 439 g/mol. The second kappa shape index (κ2) is 9.41. The van der Waals surface area contributed by atoms with Crippen LogP contribution < -0.4 is 4.74 Å². The second-order valence-electron chi connectivity index (χ2n) is 8.98. The standard InChI is InChI=1S/C26H31NO3S/c1-18-5-4-6-22(15-18)31-17-24(23-12-9-20(28)16-25(23)31)26(29)19-7-10-21(11-8-19)30-14-13-27(2)3/h7-12,16-18,22H,4-6,13-15H2,1-3H3/p+1. The Balaban J connectivity index is 1.62. The first-order chi connectivity index (χ1) is 14.9. The molecule has 0 radical (unpaired) electrons. The largest absolute Gasteiger partial charge is 0.508 e. The molecule has 1 aromatic heterocycles. The Hall–Kier alpha value is -2.37. The van der Waals surface area contributed by atoms with Gasteiger partial charge in [-0.2, -0.15) is 0 Å². The van der Waals surface area contributed by atoms with E-state index in [1.165, 1.54) is 25.7 Å². The molecule has 164 valence electrons. The SMILES string of the molecule is CC1CCCC([s+]2cc(C(=O)c3ccc(OCCN(C)C)cc3)c3ccc(O)cc32)C1. The second-order valence-corrected chi connectivity index (χ2v) is 11.1. The summed E-state index contributed by atoms with van der Waals surface area (Å²) >= 11 is 0. The maximum absolute atomic E-state index is 13.4. The van der Waals surface area contributed by atoms with E-state index in [9.17, 15) is 9.90 Å². The van der Waals surface area contributed by atoms with Crippen LogP contribution in [0.25, 0.3) is 10.1 Å². The lowest BCUT2D eigenvalue weighted by molar-refractivity contribution is 0.104. The third-order valence-electron chi connectivity index (χ3n) is 6.17. The van der Waals surface area contributed by atoms with Gasteiger partial charge in [0, 0.05) is 24.6 Å². The van der Waals surface area contributed by atoms with Gasteiger partial charge in [0.25, 0.3) is 0 Å². The van der Waals surface area contributed by atoms with Crippen LogP contribution in [-0.4, -0.2) is 43.0 Å². The molecule has 0 spiro atoms. The summed E-state index contributed by atoms with van der Waals surface area (Å²) in [7, 11) is 3.90. The zero-order valence-corrected chi connectivity index (χ0v) is 19.5. The first-order valence-electron chi connectivity index (χ1n) is 11.1. The van der Waals surface area contributed by atoms with Gasteiger partial charge >= 0.3 is 0 Å². The molecular weight excluding hydrogens is 406 g/mol. The van der Waals surface area contributed by atoms with Crippen LogP contribution in [0, 0.1) is 5.92 Å². The molecule has 3 unspecified atom stereocenters. The number of ether oxygens (including phenoxy) is 1. The summed E-state index contributed by atoms with van der Waals surface area (Å²) < 4.78 is 6.89. The van der Waals surface area contributed by atoms with Crippen molar-refractivity contribution in [1.29, 1.82) is 0 Å². The Morgan fingerprint density at radius 3 is 2.65 bits per heavy atom. The molecule has 1 fully saturated rings. The third kappa shape index (κ3) is 4.94. The van der Waals surface area contributed by atoms with E-state index in [0.29, 0.717) is 17.4 Å². The number of likely N-dealkylation sites (N-methyl/N-ethyl adjacent to an activating group) is 1. The van der Waals surface area contributed by atoms with Gasteiger partial charge in [0.05, 0.1) is 10.9 Å². The zero-order valence-electron chi connectivity index (χ0n) is 18.6. The summed E-state index contributed by atoms with van der Waals surface area (Å²) in [4.78, 5) is 15.5. The summed E-state index contributed by atoms with van der Waals surface area (Å²) in [6.07, 6.45) is 4.92. The Kier molecular flexibility index (Phi) is 6.63. The molecule has 0 amide bonds. The van der Waals surface area contributed by atoms with Crippen molar-refractivity contribution in [3.8, 4) is 11.5 Å². The van der Waals surface area contributed by atoms with Gasteiger partial charge < -0.3 is 14.7 Å². The molecule has 2 aromatic carbocycles. The summed E-state index contributed by atoms with van der Waals surface area (Å²) in [5.74, 6) is 1.83. The Morgan fingerprint density at radius 1 is 1.16 bits per heavy atom. The van der Waals surface area contributed by atoms with Crippen molar-refractivity contribution >= 4 is 26.3 Å². The van der Waals surface area contributed by atoms with Gasteiger partial charge in [0.2, 0.25) is 0 Å². The Labute approximate surface area is 187 Å². The molecular formula is C26H32NO3S+. The van der Waals surface area contributed by atoms with E-state index in [-0.39, 0.29) is 22.0 Å². The fraction of sp³-hybridized carbons (Fsp3) is 0.423. The van der Waals surface area contributed by atoms with Crippen LogP contribution in [0.4, 0.5) is 0 Å². The van der Waals surface area contributed by atoms with Crippen LogP contribution in [-0.2, 0) is 0 Å². The molecule has 31 heavy (non-hydrogen) atoms. The predicted molar refractivity (Wildman–Crippen MR) is 129 cm³/mol. The van der Waals surface area contributed by atoms with Crippen molar-refractivity contribution in [2.24, 2.45) is 5.92 Å². The van der Waals surface area contributed by atoms with Crippen LogP contribution in [0.2, 0.25) is 0 Å². The van der Waals surface area contributed by atoms with Crippen LogP contribution in [0.15, 0.2) is 47.8 Å². The minimum atomic E-state index is -0.130. The van der Waals surface area contributed by atoms with Crippen molar-refractivity contribution in [3.63, 3.8) is 0 Å². The summed E-state index contributed by atoms with van der Waals surface area (Å²) in [5.41, 5.74) is 1.45. The number of carbonyl (C=O) groups is 1. The molecule has 1 saturated carbocycles. The molecule has 1 aliphatic carbocycles. The topological polar surface area (TPSA) is 49.8 Å². The number of thiophene rings is 1. The number of nitrogens with zero attached hydrogens (tertiary/aromatic N) is 1. The maximum atomic E-state index is 13.4. The van der Waals surface area contributed by atoms with Crippen molar-refractivity contribution < 1.29 is 14.6 Å². The number of benzene rings is 2. The van der Waals surface area contributed by atoms with Crippen LogP contribution >= 0.6 is 10.5 Å². The predicted octanol–water partition coefficient (Wildman–Crippen LogP) is 6.22. The number of phenolic OH excluding ortho intramolecular Hbond substituents is 1. The number of fused-ring (bicyclic) bond motifs is 1. The number of phenols is 1. The molecule has 0 bridgehead atoms. The normalized spacial score (nSPS) is 19.7. The summed E-state index contributed by atoms with van der Waals surface area (Å²) in [5, 5.41) is 13.9. The minimum Gasteiger partial charge on any atom is -0.508 e. The van der Waals surface area contributed by atoms with Crippen LogP contribution in [0.3, 0.4) is 0 Å². The van der Waals surface area contributed by atoms with E-state index in [0.717, 1.165) is 33.9 Å². The number of hydrogen-bond donors (Lipinski definition) is 1. The Bertz CT molecular complexity index is 1050. The minimum absolute atomic E-state index is 0.0469. The zero-order chi connectivity index (χ0) is 22.0. The molecule has 0 aliphatic heterocycles. The first kappa shape index (κ1) is 21.8. The van der Waals surface area contributed by atoms with Gasteiger partial charge in [-0.05, 0) is 79.7 Å². The average Bonchev–Trinajstić information content (AvgIpc) is 3.12. The molecule has 5 heteroatoms. The van der Waals surface area contributed by atoms with E-state index < -0.39 is 0 Å². The molecule has 3 aromatic rings. The highest BCUT2D eigenvalue weighted by Crippen LogP contribution is 2.50. The summed E-state index contributed by atoms with van der Waals surface area (Å²) in [6, 6.07) is 12.9. The lowest BCUT2D eigenvalue weighted by Gasteiger charge is -2.21. The highest BCUT2D eigenvalue weighted by Gasteiger charge is 2.33. The van der Waals surface area contributed by atoms with Gasteiger partial charge in [0.15, 0.2) is 10.5 Å². The van der Waals surface area contributed by atoms with Gasteiger partial charge in [-0.15, -0.1) is 0 Å². The molecule has 1 N–H and O–H groups in total. The van der Waals surface area contributed by atoms with E-state index in [1.807, 2.05) is 50.5 Å². The van der Waals surface area contributed by atoms with Crippen molar-refractivity contribution in [2.75, 3.05) is 27.2 Å². The monoisotopic (exact) mass is 438 g/mol. The first-order valence-corrected chi connectivity index (χ1v) is 12.5. The lowest BCUT2D eigenvalue weighted by atomic mass is 9.91. The quantitative estimate of drug-likeness (QED) is 0.352.